The molecule has 0 saturated heterocycles. The number of aryl methyl sites for hydroxylation is 1. The number of hydrogen-bond acceptors (Lipinski definition) is 2. The number of rotatable bonds is 5. The molecule has 1 heterocycles. The summed E-state index contributed by atoms with van der Waals surface area (Å²) in [6.07, 6.45) is 0. The van der Waals surface area contributed by atoms with Gasteiger partial charge in [-0.1, -0.05) is 214 Å². The molecule has 69 heavy (non-hydrogen) atoms. The Kier molecular flexibility index (Phi) is 9.36. The zero-order valence-corrected chi connectivity index (χ0v) is 39.2. The van der Waals surface area contributed by atoms with Crippen molar-refractivity contribution in [2.45, 2.75) is 33.1 Å². The van der Waals surface area contributed by atoms with Gasteiger partial charge in [-0.2, -0.15) is 0 Å². The second-order valence-electron chi connectivity index (χ2n) is 19.6. The maximum absolute atomic E-state index is 6.97. The summed E-state index contributed by atoms with van der Waals surface area (Å²) in [7, 11) is 0. The van der Waals surface area contributed by atoms with Crippen molar-refractivity contribution in [3.05, 3.63) is 236 Å². The molecule has 0 unspecified atom stereocenters. The molecule has 0 saturated carbocycles. The van der Waals surface area contributed by atoms with Gasteiger partial charge in [0.25, 0.3) is 0 Å². The summed E-state index contributed by atoms with van der Waals surface area (Å²) in [6, 6.07) is 82.9. The van der Waals surface area contributed by atoms with Crippen LogP contribution in [0.25, 0.3) is 110 Å². The number of para-hydroxylation sites is 2. The standard InChI is InChI=1S/C67H49NO/c1-42-31-36-45(37-32-42)68(62-30-16-28-59-58-27-15-29-61(67(2,3)4)65(58)69-66(59)62)46-38-33-43(34-39-46)63-54-23-11-13-25-56(54)64(57-26-14-12-24-55(57)63)44-35-40-53-51-21-8-7-19-49(51)47-17-5-6-18-48(47)50-20-9-10-22-52(50)60(53)41-44/h5-41H,1-4H3. The summed E-state index contributed by atoms with van der Waals surface area (Å²) < 4.78 is 6.97. The summed E-state index contributed by atoms with van der Waals surface area (Å²) in [6.45, 7) is 8.90. The van der Waals surface area contributed by atoms with E-state index < -0.39 is 0 Å². The lowest BCUT2D eigenvalue weighted by molar-refractivity contribution is 0.573. The lowest BCUT2D eigenvalue weighted by Crippen LogP contribution is -2.11. The van der Waals surface area contributed by atoms with E-state index in [1.165, 1.54) is 99.4 Å². The van der Waals surface area contributed by atoms with Gasteiger partial charge in [-0.3, -0.25) is 0 Å². The van der Waals surface area contributed by atoms with Crippen molar-refractivity contribution < 1.29 is 4.42 Å². The molecule has 2 nitrogen and oxygen atoms in total. The average Bonchev–Trinajstić information content (AvgIpc) is 3.78. The normalized spacial score (nSPS) is 12.1. The van der Waals surface area contributed by atoms with Crippen LogP contribution in [-0.4, -0.2) is 0 Å². The molecule has 1 aliphatic rings. The molecule has 12 aromatic rings. The van der Waals surface area contributed by atoms with E-state index in [1.807, 2.05) is 0 Å². The number of hydrogen-bond donors (Lipinski definition) is 0. The van der Waals surface area contributed by atoms with Crippen LogP contribution in [0.2, 0.25) is 0 Å². The molecule has 0 aliphatic heterocycles. The Hall–Kier alpha value is -8.46. The number of furan rings is 1. The van der Waals surface area contributed by atoms with Gasteiger partial charge in [0.05, 0.1) is 5.69 Å². The molecule has 0 radical (unpaired) electrons. The minimum atomic E-state index is -0.0707. The van der Waals surface area contributed by atoms with Gasteiger partial charge in [0, 0.05) is 27.7 Å². The van der Waals surface area contributed by atoms with Crippen LogP contribution >= 0.6 is 0 Å². The summed E-state index contributed by atoms with van der Waals surface area (Å²) in [4.78, 5) is 2.35. The Morgan fingerprint density at radius 3 is 1.23 bits per heavy atom. The van der Waals surface area contributed by atoms with E-state index in [4.69, 9.17) is 4.42 Å². The Morgan fingerprint density at radius 1 is 0.333 bits per heavy atom. The van der Waals surface area contributed by atoms with Crippen molar-refractivity contribution in [1.29, 1.82) is 0 Å². The minimum absolute atomic E-state index is 0.0707. The second-order valence-corrected chi connectivity index (χ2v) is 19.6. The summed E-state index contributed by atoms with van der Waals surface area (Å²) in [5.74, 6) is 0. The van der Waals surface area contributed by atoms with Gasteiger partial charge >= 0.3 is 0 Å². The maximum Gasteiger partial charge on any atom is 0.159 e. The Balaban J connectivity index is 0.984. The van der Waals surface area contributed by atoms with E-state index in [0.29, 0.717) is 0 Å². The zero-order valence-electron chi connectivity index (χ0n) is 39.2. The molecule has 1 aromatic heterocycles. The fraction of sp³-hybridized carbons (Fsp3) is 0.0746. The smallest absolute Gasteiger partial charge is 0.159 e. The van der Waals surface area contributed by atoms with E-state index in [0.717, 1.165) is 39.0 Å². The molecular weight excluding hydrogens is 835 g/mol. The molecule has 0 bridgehead atoms. The van der Waals surface area contributed by atoms with Crippen LogP contribution in [0.3, 0.4) is 0 Å². The highest BCUT2D eigenvalue weighted by atomic mass is 16.3. The van der Waals surface area contributed by atoms with E-state index in [1.54, 1.807) is 0 Å². The average molecular weight is 884 g/mol. The third-order valence-electron chi connectivity index (χ3n) is 14.4. The van der Waals surface area contributed by atoms with Gasteiger partial charge in [0.2, 0.25) is 0 Å². The monoisotopic (exact) mass is 883 g/mol. The first kappa shape index (κ1) is 40.8. The molecule has 11 aromatic carbocycles. The van der Waals surface area contributed by atoms with Crippen molar-refractivity contribution in [2.24, 2.45) is 0 Å². The van der Waals surface area contributed by atoms with E-state index in [9.17, 15) is 0 Å². The van der Waals surface area contributed by atoms with E-state index >= 15 is 0 Å². The van der Waals surface area contributed by atoms with Crippen LogP contribution in [0, 0.1) is 6.92 Å². The van der Waals surface area contributed by atoms with Gasteiger partial charge in [0.1, 0.15) is 5.58 Å². The first-order chi connectivity index (χ1) is 33.8. The van der Waals surface area contributed by atoms with Gasteiger partial charge in [-0.05, 0) is 137 Å². The third kappa shape index (κ3) is 6.55. The topological polar surface area (TPSA) is 16.4 Å². The minimum Gasteiger partial charge on any atom is -0.454 e. The van der Waals surface area contributed by atoms with Crippen LogP contribution in [0.4, 0.5) is 17.1 Å². The van der Waals surface area contributed by atoms with E-state index in [2.05, 4.69) is 257 Å². The SMILES string of the molecule is Cc1ccc(N(c2ccc(-c3c4ccccc4c(-c4ccc5c(c4)-c4ccccc4-c4ccccc4-c4ccccc4-5)c4ccccc34)cc2)c2cccc3c2oc2c(C(C)(C)C)cccc23)cc1. The van der Waals surface area contributed by atoms with Crippen LogP contribution in [0.5, 0.6) is 0 Å². The van der Waals surface area contributed by atoms with Crippen LogP contribution in [-0.2, 0) is 5.41 Å². The van der Waals surface area contributed by atoms with Crippen molar-refractivity contribution in [1.82, 2.24) is 0 Å². The molecule has 328 valence electrons. The molecule has 0 amide bonds. The molecule has 2 heteroatoms. The zero-order chi connectivity index (χ0) is 46.4. The van der Waals surface area contributed by atoms with Crippen molar-refractivity contribution >= 4 is 60.5 Å². The molecule has 0 spiro atoms. The third-order valence-corrected chi connectivity index (χ3v) is 14.4. The van der Waals surface area contributed by atoms with Crippen molar-refractivity contribution in [3.8, 4) is 66.8 Å². The summed E-state index contributed by atoms with van der Waals surface area (Å²) in [5, 5.41) is 7.16. The highest BCUT2D eigenvalue weighted by Crippen LogP contribution is 2.51. The predicted molar refractivity (Wildman–Crippen MR) is 293 cm³/mol. The molecule has 1 aliphatic carbocycles. The number of anilines is 3. The lowest BCUT2D eigenvalue weighted by Gasteiger charge is -2.26. The molecule has 0 N–H and O–H groups in total. The quantitative estimate of drug-likeness (QED) is 0.160. The van der Waals surface area contributed by atoms with E-state index in [-0.39, 0.29) is 5.41 Å². The fourth-order valence-corrected chi connectivity index (χ4v) is 11.2. The predicted octanol–water partition coefficient (Wildman–Crippen LogP) is 19.3. The van der Waals surface area contributed by atoms with Crippen LogP contribution in [0.15, 0.2) is 229 Å². The molecule has 0 atom stereocenters. The fourth-order valence-electron chi connectivity index (χ4n) is 11.2. The largest absolute Gasteiger partial charge is 0.454 e. The molecule has 0 fully saturated rings. The second kappa shape index (κ2) is 15.8. The number of fused-ring (bicyclic) bond motifs is 13. The summed E-state index contributed by atoms with van der Waals surface area (Å²) >= 11 is 0. The number of benzene rings is 11. The first-order valence-electron chi connectivity index (χ1n) is 24.1. The molecule has 13 rings (SSSR count). The van der Waals surface area contributed by atoms with Gasteiger partial charge in [-0.15, -0.1) is 0 Å². The number of nitrogens with zero attached hydrogens (tertiary/aromatic N) is 1. The Bertz CT molecular complexity index is 3930. The first-order valence-corrected chi connectivity index (χ1v) is 24.1. The van der Waals surface area contributed by atoms with Crippen molar-refractivity contribution in [2.75, 3.05) is 4.90 Å². The maximum atomic E-state index is 6.97. The Labute approximate surface area is 403 Å². The lowest BCUT2D eigenvalue weighted by atomic mass is 9.79. The molecular formula is C67H49NO. The van der Waals surface area contributed by atoms with Gasteiger partial charge in [-0.25, -0.2) is 0 Å². The summed E-state index contributed by atoms with van der Waals surface area (Å²) in [5.41, 5.74) is 22.2. The van der Waals surface area contributed by atoms with Gasteiger partial charge in [0.15, 0.2) is 5.58 Å². The van der Waals surface area contributed by atoms with Crippen LogP contribution in [0.1, 0.15) is 31.9 Å². The van der Waals surface area contributed by atoms with Gasteiger partial charge < -0.3 is 9.32 Å². The van der Waals surface area contributed by atoms with Crippen molar-refractivity contribution in [3.63, 3.8) is 0 Å². The van der Waals surface area contributed by atoms with Crippen LogP contribution < -0.4 is 4.90 Å². The highest BCUT2D eigenvalue weighted by molar-refractivity contribution is 6.22. The Morgan fingerprint density at radius 2 is 0.725 bits per heavy atom. The highest BCUT2D eigenvalue weighted by Gasteiger charge is 2.26.